The minimum absolute atomic E-state index is 0.0581. The summed E-state index contributed by atoms with van der Waals surface area (Å²) in [5.41, 5.74) is 1.35. The van der Waals surface area contributed by atoms with E-state index in [0.29, 0.717) is 13.0 Å². The SMILES string of the molecule is CCCCCC[C@@H](O)CC=CCCCCCCCC(=O)OCC=C(C)CCCC(C)CCCC(C)CCCC(C)C. The fourth-order valence-electron chi connectivity index (χ4n) is 5.52. The van der Waals surface area contributed by atoms with Gasteiger partial charge in [-0.15, -0.1) is 0 Å². The van der Waals surface area contributed by atoms with Gasteiger partial charge in [0.05, 0.1) is 6.10 Å². The first-order valence-electron chi connectivity index (χ1n) is 17.9. The van der Waals surface area contributed by atoms with Gasteiger partial charge in [0, 0.05) is 6.42 Å². The highest BCUT2D eigenvalue weighted by molar-refractivity contribution is 5.69. The van der Waals surface area contributed by atoms with E-state index in [1.54, 1.807) is 0 Å². The molecule has 0 spiro atoms. The number of carbonyl (C=O) groups is 1. The highest BCUT2D eigenvalue weighted by Crippen LogP contribution is 2.22. The number of carbonyl (C=O) groups excluding carboxylic acids is 1. The standard InChI is InChI=1S/C38H72O3/c1-7-8-9-16-28-37(39)29-17-14-12-10-11-13-15-18-30-38(40)41-32-31-36(6)27-21-26-35(5)25-20-24-34(4)23-19-22-33(2)3/h14,17,31,33-35,37,39H,7-13,15-16,18-30,32H2,1-6H3/t34?,35?,37-/m1/s1. The molecule has 3 nitrogen and oxygen atoms in total. The number of aliphatic hydroxyl groups excluding tert-OH is 1. The molecule has 0 aliphatic rings. The second-order valence-corrected chi connectivity index (χ2v) is 13.6. The van der Waals surface area contributed by atoms with E-state index in [0.717, 1.165) is 62.7 Å². The Kier molecular flexibility index (Phi) is 28.2. The van der Waals surface area contributed by atoms with Crippen molar-refractivity contribution in [1.82, 2.24) is 0 Å². The first kappa shape index (κ1) is 39.9. The molecule has 0 saturated heterocycles. The molecule has 0 amide bonds. The summed E-state index contributed by atoms with van der Waals surface area (Å²) in [5, 5.41) is 10.00. The van der Waals surface area contributed by atoms with E-state index in [2.05, 4.69) is 59.8 Å². The molecule has 0 aromatic carbocycles. The summed E-state index contributed by atoms with van der Waals surface area (Å²) in [7, 11) is 0. The molecule has 0 fully saturated rings. The van der Waals surface area contributed by atoms with Gasteiger partial charge < -0.3 is 9.84 Å². The van der Waals surface area contributed by atoms with Crippen LogP contribution in [0.1, 0.15) is 183 Å². The fourth-order valence-corrected chi connectivity index (χ4v) is 5.52. The zero-order chi connectivity index (χ0) is 30.6. The summed E-state index contributed by atoms with van der Waals surface area (Å²) in [6.07, 6.45) is 32.1. The van der Waals surface area contributed by atoms with E-state index in [1.807, 2.05) is 0 Å². The van der Waals surface area contributed by atoms with Gasteiger partial charge >= 0.3 is 5.97 Å². The van der Waals surface area contributed by atoms with Crippen molar-refractivity contribution < 1.29 is 14.6 Å². The summed E-state index contributed by atoms with van der Waals surface area (Å²) >= 11 is 0. The van der Waals surface area contributed by atoms with Crippen LogP contribution in [0, 0.1) is 17.8 Å². The van der Waals surface area contributed by atoms with E-state index >= 15 is 0 Å². The lowest BCUT2D eigenvalue weighted by molar-refractivity contribution is -0.142. The Morgan fingerprint density at radius 3 is 1.98 bits per heavy atom. The third kappa shape index (κ3) is 30.2. The Balaban J connectivity index is 3.63. The second-order valence-electron chi connectivity index (χ2n) is 13.6. The smallest absolute Gasteiger partial charge is 0.306 e. The van der Waals surface area contributed by atoms with Crippen molar-refractivity contribution in [2.24, 2.45) is 17.8 Å². The molecule has 0 aliphatic carbocycles. The largest absolute Gasteiger partial charge is 0.461 e. The van der Waals surface area contributed by atoms with Crippen LogP contribution in [-0.4, -0.2) is 23.8 Å². The molecule has 242 valence electrons. The minimum atomic E-state index is -0.172. The Labute approximate surface area is 257 Å². The van der Waals surface area contributed by atoms with Gasteiger partial charge in [-0.3, -0.25) is 4.79 Å². The Morgan fingerprint density at radius 1 is 0.683 bits per heavy atom. The number of ether oxygens (including phenoxy) is 1. The van der Waals surface area contributed by atoms with Crippen LogP contribution in [-0.2, 0) is 9.53 Å². The van der Waals surface area contributed by atoms with Gasteiger partial charge in [-0.2, -0.15) is 0 Å². The zero-order valence-electron chi connectivity index (χ0n) is 28.6. The van der Waals surface area contributed by atoms with Crippen molar-refractivity contribution >= 4 is 5.97 Å². The molecule has 0 aromatic heterocycles. The Morgan fingerprint density at radius 2 is 1.29 bits per heavy atom. The number of aliphatic hydroxyl groups is 1. The summed E-state index contributed by atoms with van der Waals surface area (Å²) in [6, 6.07) is 0. The van der Waals surface area contributed by atoms with Gasteiger partial charge in [0.1, 0.15) is 6.61 Å². The molecule has 3 heteroatoms. The average molecular weight is 577 g/mol. The van der Waals surface area contributed by atoms with E-state index in [1.165, 1.54) is 95.5 Å². The molecule has 41 heavy (non-hydrogen) atoms. The van der Waals surface area contributed by atoms with Crippen LogP contribution in [0.4, 0.5) is 0 Å². The van der Waals surface area contributed by atoms with E-state index in [4.69, 9.17) is 4.74 Å². The number of unbranched alkanes of at least 4 members (excludes halogenated alkanes) is 8. The first-order chi connectivity index (χ1) is 19.7. The van der Waals surface area contributed by atoms with Crippen LogP contribution in [0.25, 0.3) is 0 Å². The molecule has 2 unspecified atom stereocenters. The lowest BCUT2D eigenvalue weighted by Gasteiger charge is -2.15. The third-order valence-corrected chi connectivity index (χ3v) is 8.53. The molecule has 1 N–H and O–H groups in total. The monoisotopic (exact) mass is 577 g/mol. The number of esters is 1. The van der Waals surface area contributed by atoms with E-state index in [-0.39, 0.29) is 12.1 Å². The molecule has 0 bridgehead atoms. The molecular weight excluding hydrogens is 504 g/mol. The maximum absolute atomic E-state index is 12.0. The summed E-state index contributed by atoms with van der Waals surface area (Å²) in [6.45, 7) is 14.3. The highest BCUT2D eigenvalue weighted by atomic mass is 16.5. The van der Waals surface area contributed by atoms with Crippen molar-refractivity contribution in [3.8, 4) is 0 Å². The van der Waals surface area contributed by atoms with Crippen LogP contribution in [0.3, 0.4) is 0 Å². The van der Waals surface area contributed by atoms with Gasteiger partial charge in [0.2, 0.25) is 0 Å². The van der Waals surface area contributed by atoms with Crippen molar-refractivity contribution in [3.05, 3.63) is 23.8 Å². The van der Waals surface area contributed by atoms with Gasteiger partial charge in [-0.25, -0.2) is 0 Å². The predicted molar refractivity (Wildman–Crippen MR) is 180 cm³/mol. The minimum Gasteiger partial charge on any atom is -0.461 e. The van der Waals surface area contributed by atoms with Crippen molar-refractivity contribution in [3.63, 3.8) is 0 Å². The maximum Gasteiger partial charge on any atom is 0.306 e. The topological polar surface area (TPSA) is 46.5 Å². The maximum atomic E-state index is 12.0. The second kappa shape index (κ2) is 29.0. The number of hydrogen-bond donors (Lipinski definition) is 1. The van der Waals surface area contributed by atoms with E-state index < -0.39 is 0 Å². The zero-order valence-corrected chi connectivity index (χ0v) is 28.6. The first-order valence-corrected chi connectivity index (χ1v) is 17.9. The number of rotatable bonds is 29. The van der Waals surface area contributed by atoms with Crippen LogP contribution in [0.2, 0.25) is 0 Å². The quantitative estimate of drug-likeness (QED) is 0.0547. The van der Waals surface area contributed by atoms with Gasteiger partial charge in [0.25, 0.3) is 0 Å². The number of allylic oxidation sites excluding steroid dienone is 2. The predicted octanol–water partition coefficient (Wildman–Crippen LogP) is 11.9. The van der Waals surface area contributed by atoms with Crippen LogP contribution >= 0.6 is 0 Å². The Bertz CT molecular complexity index is 635. The van der Waals surface area contributed by atoms with Gasteiger partial charge in [-0.1, -0.05) is 142 Å². The average Bonchev–Trinajstić information content (AvgIpc) is 2.92. The molecule has 0 radical (unpaired) electrons. The molecule has 0 aromatic rings. The lowest BCUT2D eigenvalue weighted by atomic mass is 9.91. The summed E-state index contributed by atoms with van der Waals surface area (Å²) < 4.78 is 5.44. The van der Waals surface area contributed by atoms with Crippen molar-refractivity contribution in [1.29, 1.82) is 0 Å². The summed E-state index contributed by atoms with van der Waals surface area (Å²) in [4.78, 5) is 12.0. The number of hydrogen-bond acceptors (Lipinski definition) is 3. The van der Waals surface area contributed by atoms with Crippen LogP contribution < -0.4 is 0 Å². The summed E-state index contributed by atoms with van der Waals surface area (Å²) in [5.74, 6) is 2.47. The van der Waals surface area contributed by atoms with Crippen LogP contribution in [0.5, 0.6) is 0 Å². The molecule has 0 heterocycles. The van der Waals surface area contributed by atoms with E-state index in [9.17, 15) is 9.90 Å². The molecule has 3 atom stereocenters. The van der Waals surface area contributed by atoms with Crippen molar-refractivity contribution in [2.45, 2.75) is 189 Å². The molecule has 0 saturated carbocycles. The molecule has 0 rings (SSSR count). The highest BCUT2D eigenvalue weighted by Gasteiger charge is 2.07. The Hall–Kier alpha value is -1.09. The van der Waals surface area contributed by atoms with Crippen molar-refractivity contribution in [2.75, 3.05) is 6.61 Å². The normalized spacial score (nSPS) is 14.6. The van der Waals surface area contributed by atoms with Gasteiger partial charge in [-0.05, 0) is 75.7 Å². The van der Waals surface area contributed by atoms with Gasteiger partial charge in [0.15, 0.2) is 0 Å². The third-order valence-electron chi connectivity index (χ3n) is 8.53. The van der Waals surface area contributed by atoms with Crippen LogP contribution in [0.15, 0.2) is 23.8 Å². The fraction of sp³-hybridized carbons (Fsp3) is 0.868. The molecular formula is C38H72O3. The molecule has 0 aliphatic heterocycles. The lowest BCUT2D eigenvalue weighted by Crippen LogP contribution is -2.04.